The highest BCUT2D eigenvalue weighted by molar-refractivity contribution is 7.99. The maximum atomic E-state index is 10.6. The quantitative estimate of drug-likeness (QED) is 0.218. The van der Waals surface area contributed by atoms with Crippen molar-refractivity contribution >= 4 is 22.5 Å². The maximum Gasteiger partial charge on any atom is 0.0998 e. The Labute approximate surface area is 254 Å². The first-order valence-corrected chi connectivity index (χ1v) is 16.0. The summed E-state index contributed by atoms with van der Waals surface area (Å²) >= 11 is 1.84. The third-order valence-corrected chi connectivity index (χ3v) is 11.4. The van der Waals surface area contributed by atoms with E-state index in [1.54, 1.807) is 0 Å². The van der Waals surface area contributed by atoms with E-state index < -0.39 is 0 Å². The van der Waals surface area contributed by atoms with Crippen LogP contribution in [0.3, 0.4) is 0 Å². The number of hydrogen-bond acceptors (Lipinski definition) is 2. The number of benzene rings is 5. The average molecular weight is 564 g/mol. The van der Waals surface area contributed by atoms with Crippen molar-refractivity contribution in [3.63, 3.8) is 0 Å². The summed E-state index contributed by atoms with van der Waals surface area (Å²) in [7, 11) is 0. The van der Waals surface area contributed by atoms with Crippen LogP contribution in [-0.4, -0.2) is 0 Å². The van der Waals surface area contributed by atoms with E-state index in [1.807, 2.05) is 11.8 Å². The third-order valence-electron chi connectivity index (χ3n) is 10.2. The zero-order valence-electron chi connectivity index (χ0n) is 25.2. The second-order valence-corrected chi connectivity index (χ2v) is 14.4. The number of nitrogens with zero attached hydrogens (tertiary/aromatic N) is 1. The molecule has 0 aromatic heterocycles. The number of rotatable bonds is 3. The molecule has 2 aliphatic rings. The summed E-state index contributed by atoms with van der Waals surface area (Å²) in [6.45, 7) is 11.7. The summed E-state index contributed by atoms with van der Waals surface area (Å²) in [6.07, 6.45) is 3.49. The first-order chi connectivity index (χ1) is 20.2. The molecule has 0 heterocycles. The van der Waals surface area contributed by atoms with Gasteiger partial charge in [-0.3, -0.25) is 0 Å². The van der Waals surface area contributed by atoms with Gasteiger partial charge in [0.25, 0.3) is 0 Å². The SMILES string of the molecule is Cc1ccccc1Sc1cc2c3c(cc(C#N)c2cc1-c1ccccc1C)C1(CCC(C)(C)CC1C)c1ccccc1-3. The molecule has 42 heavy (non-hydrogen) atoms. The van der Waals surface area contributed by atoms with Crippen LogP contribution in [0.5, 0.6) is 0 Å². The molecule has 0 radical (unpaired) electrons. The summed E-state index contributed by atoms with van der Waals surface area (Å²) in [5.74, 6) is 0.486. The molecule has 0 bridgehead atoms. The average Bonchev–Trinajstić information content (AvgIpc) is 3.26. The van der Waals surface area contributed by atoms with Gasteiger partial charge in [0, 0.05) is 20.6 Å². The van der Waals surface area contributed by atoms with Crippen LogP contribution in [0.15, 0.2) is 101 Å². The van der Waals surface area contributed by atoms with Gasteiger partial charge >= 0.3 is 0 Å². The zero-order valence-corrected chi connectivity index (χ0v) is 26.0. The molecule has 5 aromatic carbocycles. The molecule has 1 saturated carbocycles. The van der Waals surface area contributed by atoms with Gasteiger partial charge < -0.3 is 0 Å². The van der Waals surface area contributed by atoms with Gasteiger partial charge in [0.15, 0.2) is 0 Å². The van der Waals surface area contributed by atoms with Gasteiger partial charge in [-0.15, -0.1) is 0 Å². The van der Waals surface area contributed by atoms with Crippen LogP contribution in [0.25, 0.3) is 33.0 Å². The molecule has 0 saturated heterocycles. The van der Waals surface area contributed by atoms with E-state index in [0.29, 0.717) is 11.3 Å². The summed E-state index contributed by atoms with van der Waals surface area (Å²) < 4.78 is 0. The van der Waals surface area contributed by atoms with Crippen molar-refractivity contribution in [1.82, 2.24) is 0 Å². The molecule has 208 valence electrons. The van der Waals surface area contributed by atoms with Crippen molar-refractivity contribution < 1.29 is 0 Å². The fourth-order valence-electron chi connectivity index (χ4n) is 8.07. The Morgan fingerprint density at radius 2 is 1.40 bits per heavy atom. The first-order valence-electron chi connectivity index (χ1n) is 15.2. The Morgan fingerprint density at radius 3 is 2.12 bits per heavy atom. The number of hydrogen-bond donors (Lipinski definition) is 0. The Hall–Kier alpha value is -3.80. The van der Waals surface area contributed by atoms with E-state index in [2.05, 4.69) is 132 Å². The monoisotopic (exact) mass is 563 g/mol. The van der Waals surface area contributed by atoms with Crippen molar-refractivity contribution in [2.75, 3.05) is 0 Å². The van der Waals surface area contributed by atoms with E-state index in [1.165, 1.54) is 72.5 Å². The van der Waals surface area contributed by atoms with Crippen LogP contribution < -0.4 is 0 Å². The Balaban J connectivity index is 1.57. The van der Waals surface area contributed by atoms with Gasteiger partial charge in [0.1, 0.15) is 0 Å². The highest BCUT2D eigenvalue weighted by Gasteiger charge is 2.51. The summed E-state index contributed by atoms with van der Waals surface area (Å²) in [5, 5.41) is 12.9. The van der Waals surface area contributed by atoms with Gasteiger partial charge in [-0.05, 0) is 119 Å². The molecule has 1 nitrogen and oxygen atoms in total. The number of fused-ring (bicyclic) bond motifs is 7. The Bertz CT molecular complexity index is 1920. The van der Waals surface area contributed by atoms with Crippen LogP contribution in [0.1, 0.15) is 67.9 Å². The van der Waals surface area contributed by atoms with Crippen LogP contribution in [-0.2, 0) is 5.41 Å². The second kappa shape index (κ2) is 9.89. The van der Waals surface area contributed by atoms with Crippen LogP contribution in [0.4, 0.5) is 0 Å². The van der Waals surface area contributed by atoms with E-state index in [0.717, 1.165) is 17.4 Å². The molecule has 2 heteroatoms. The van der Waals surface area contributed by atoms with E-state index in [-0.39, 0.29) is 5.41 Å². The van der Waals surface area contributed by atoms with Crippen molar-refractivity contribution in [1.29, 1.82) is 5.26 Å². The maximum absolute atomic E-state index is 10.6. The van der Waals surface area contributed by atoms with Crippen molar-refractivity contribution in [3.05, 3.63) is 119 Å². The fourth-order valence-corrected chi connectivity index (χ4v) is 9.13. The minimum atomic E-state index is -0.0563. The molecule has 1 fully saturated rings. The first kappa shape index (κ1) is 27.1. The van der Waals surface area contributed by atoms with Crippen LogP contribution in [0, 0.1) is 36.5 Å². The molecule has 7 rings (SSSR count). The van der Waals surface area contributed by atoms with Gasteiger partial charge in [0.05, 0.1) is 11.6 Å². The molecular formula is C40H37NS. The summed E-state index contributed by atoms with van der Waals surface area (Å²) in [4.78, 5) is 2.50. The third kappa shape index (κ3) is 4.05. The van der Waals surface area contributed by atoms with Gasteiger partial charge in [0.2, 0.25) is 0 Å². The topological polar surface area (TPSA) is 23.8 Å². The highest BCUT2D eigenvalue weighted by Crippen LogP contribution is 2.62. The predicted octanol–water partition coefficient (Wildman–Crippen LogP) is 11.3. The van der Waals surface area contributed by atoms with Crippen LogP contribution in [0.2, 0.25) is 0 Å². The fraction of sp³-hybridized carbons (Fsp3) is 0.275. The van der Waals surface area contributed by atoms with Crippen molar-refractivity contribution in [2.45, 2.75) is 69.1 Å². The lowest BCUT2D eigenvalue weighted by Gasteiger charge is -2.48. The summed E-state index contributed by atoms with van der Waals surface area (Å²) in [5.41, 5.74) is 11.5. The minimum Gasteiger partial charge on any atom is -0.192 e. The molecule has 2 atom stereocenters. The van der Waals surface area contributed by atoms with E-state index in [9.17, 15) is 5.26 Å². The normalized spacial score (nSPS) is 20.3. The summed E-state index contributed by atoms with van der Waals surface area (Å²) in [6, 6.07) is 36.0. The molecule has 0 amide bonds. The van der Waals surface area contributed by atoms with E-state index >= 15 is 0 Å². The Kier molecular flexibility index (Phi) is 6.37. The molecule has 0 aliphatic heterocycles. The van der Waals surface area contributed by atoms with Crippen LogP contribution >= 0.6 is 11.8 Å². The van der Waals surface area contributed by atoms with Crippen molar-refractivity contribution in [2.24, 2.45) is 11.3 Å². The predicted molar refractivity (Wildman–Crippen MR) is 177 cm³/mol. The lowest BCUT2D eigenvalue weighted by Crippen LogP contribution is -2.41. The molecule has 1 spiro atoms. The van der Waals surface area contributed by atoms with Crippen molar-refractivity contribution in [3.8, 4) is 28.3 Å². The van der Waals surface area contributed by atoms with Gasteiger partial charge in [-0.25, -0.2) is 0 Å². The van der Waals surface area contributed by atoms with Gasteiger partial charge in [-0.2, -0.15) is 5.26 Å². The molecule has 2 unspecified atom stereocenters. The highest BCUT2D eigenvalue weighted by atomic mass is 32.2. The Morgan fingerprint density at radius 1 is 0.714 bits per heavy atom. The lowest BCUT2D eigenvalue weighted by molar-refractivity contribution is 0.125. The number of nitriles is 1. The smallest absolute Gasteiger partial charge is 0.0998 e. The number of aryl methyl sites for hydroxylation is 2. The molecule has 0 N–H and O–H groups in total. The largest absolute Gasteiger partial charge is 0.192 e. The molecule has 2 aliphatic carbocycles. The second-order valence-electron chi connectivity index (χ2n) is 13.3. The lowest BCUT2D eigenvalue weighted by atomic mass is 9.56. The van der Waals surface area contributed by atoms with Gasteiger partial charge in [-0.1, -0.05) is 99.3 Å². The standard InChI is InChI=1S/C40H37NS/c1-25-12-6-8-14-29(25)32-21-31-28(24-41)20-35-38(33(31)22-37(32)42-36-17-11-7-13-26(36)2)30-15-9-10-16-34(30)40(35)19-18-39(4,5)23-27(40)3/h6-17,20-22,27H,18-19,23H2,1-5H3. The minimum absolute atomic E-state index is 0.0563. The zero-order chi connectivity index (χ0) is 29.2. The van der Waals surface area contributed by atoms with E-state index in [4.69, 9.17) is 0 Å². The molecular weight excluding hydrogens is 527 g/mol. The molecule has 5 aromatic rings.